The monoisotopic (exact) mass is 374 g/mol. The van der Waals surface area contributed by atoms with Gasteiger partial charge in [-0.25, -0.2) is 9.50 Å². The van der Waals surface area contributed by atoms with Crippen molar-refractivity contribution >= 4 is 23.2 Å². The van der Waals surface area contributed by atoms with Crippen LogP contribution < -0.4 is 0 Å². The molecule has 4 rings (SSSR count). The third kappa shape index (κ3) is 2.74. The van der Waals surface area contributed by atoms with Crippen molar-refractivity contribution in [2.24, 2.45) is 0 Å². The lowest BCUT2D eigenvalue weighted by atomic mass is 10.2. The SMILES string of the molecule is Cc1cnc2c(Cl)c(C(=O)N3CCCC3c3nc(C(C)C)no3)nn2c1. The lowest BCUT2D eigenvalue weighted by Crippen LogP contribution is -2.31. The molecule has 26 heavy (non-hydrogen) atoms. The molecule has 0 aliphatic carbocycles. The van der Waals surface area contributed by atoms with E-state index in [1.807, 2.05) is 20.8 Å². The van der Waals surface area contributed by atoms with Gasteiger partial charge in [0, 0.05) is 24.9 Å². The molecule has 8 nitrogen and oxygen atoms in total. The van der Waals surface area contributed by atoms with Gasteiger partial charge in [-0.15, -0.1) is 0 Å². The molecule has 1 fully saturated rings. The molecule has 1 aliphatic heterocycles. The molecule has 0 spiro atoms. The van der Waals surface area contributed by atoms with Crippen LogP contribution in [0.4, 0.5) is 0 Å². The van der Waals surface area contributed by atoms with Gasteiger partial charge in [-0.1, -0.05) is 30.6 Å². The lowest BCUT2D eigenvalue weighted by molar-refractivity contribution is 0.0704. The first-order valence-corrected chi connectivity index (χ1v) is 8.98. The highest BCUT2D eigenvalue weighted by Crippen LogP contribution is 2.34. The van der Waals surface area contributed by atoms with E-state index in [4.69, 9.17) is 16.1 Å². The van der Waals surface area contributed by atoms with E-state index in [-0.39, 0.29) is 28.6 Å². The van der Waals surface area contributed by atoms with E-state index < -0.39 is 0 Å². The molecular formula is C17H19ClN6O2. The zero-order chi connectivity index (χ0) is 18.4. The number of likely N-dealkylation sites (tertiary alicyclic amines) is 1. The van der Waals surface area contributed by atoms with E-state index in [1.54, 1.807) is 21.8 Å². The molecule has 1 amide bonds. The highest BCUT2D eigenvalue weighted by Gasteiger charge is 2.37. The third-order valence-electron chi connectivity index (χ3n) is 4.52. The summed E-state index contributed by atoms with van der Waals surface area (Å²) < 4.78 is 6.95. The number of rotatable bonds is 3. The van der Waals surface area contributed by atoms with Gasteiger partial charge < -0.3 is 9.42 Å². The second-order valence-electron chi connectivity index (χ2n) is 6.86. The number of hydrogen-bond donors (Lipinski definition) is 0. The zero-order valence-corrected chi connectivity index (χ0v) is 15.6. The van der Waals surface area contributed by atoms with Crippen LogP contribution in [-0.4, -0.2) is 42.1 Å². The summed E-state index contributed by atoms with van der Waals surface area (Å²) in [4.78, 5) is 23.5. The summed E-state index contributed by atoms with van der Waals surface area (Å²) >= 11 is 6.38. The molecule has 0 saturated carbocycles. The van der Waals surface area contributed by atoms with Crippen molar-refractivity contribution in [1.29, 1.82) is 0 Å². The minimum absolute atomic E-state index is 0.167. The predicted octanol–water partition coefficient (Wildman–Crippen LogP) is 3.17. The zero-order valence-electron chi connectivity index (χ0n) is 14.8. The topological polar surface area (TPSA) is 89.4 Å². The van der Waals surface area contributed by atoms with Crippen LogP contribution in [-0.2, 0) is 0 Å². The Balaban J connectivity index is 1.67. The Kier molecular flexibility index (Phi) is 4.14. The summed E-state index contributed by atoms with van der Waals surface area (Å²) in [5, 5.41) is 8.61. The Bertz CT molecular complexity index is 979. The van der Waals surface area contributed by atoms with E-state index in [0.29, 0.717) is 23.9 Å². The van der Waals surface area contributed by atoms with Gasteiger partial charge >= 0.3 is 0 Å². The molecule has 0 bridgehead atoms. The lowest BCUT2D eigenvalue weighted by Gasteiger charge is -2.20. The normalized spacial score (nSPS) is 17.6. The minimum atomic E-state index is -0.252. The number of hydrogen-bond acceptors (Lipinski definition) is 6. The highest BCUT2D eigenvalue weighted by atomic mass is 35.5. The van der Waals surface area contributed by atoms with Crippen molar-refractivity contribution in [2.75, 3.05) is 6.54 Å². The number of fused-ring (bicyclic) bond motifs is 1. The minimum Gasteiger partial charge on any atom is -0.337 e. The number of aryl methyl sites for hydroxylation is 1. The standard InChI is InChI=1S/C17H19ClN6O2/c1-9(2)14-20-16(26-22-14)11-5-4-6-23(11)17(25)13-12(18)15-19-7-10(3)8-24(15)21-13/h7-9,11H,4-6H2,1-3H3. The second kappa shape index (κ2) is 6.35. The molecule has 1 aliphatic rings. The van der Waals surface area contributed by atoms with Crippen LogP contribution in [0.25, 0.3) is 5.65 Å². The summed E-state index contributed by atoms with van der Waals surface area (Å²) in [6, 6.07) is -0.252. The summed E-state index contributed by atoms with van der Waals surface area (Å²) in [7, 11) is 0. The summed E-state index contributed by atoms with van der Waals surface area (Å²) in [5.41, 5.74) is 1.60. The molecule has 4 heterocycles. The summed E-state index contributed by atoms with van der Waals surface area (Å²) in [6.07, 6.45) is 5.12. The van der Waals surface area contributed by atoms with Crippen molar-refractivity contribution in [3.05, 3.63) is 40.4 Å². The van der Waals surface area contributed by atoms with Gasteiger partial charge in [0.15, 0.2) is 17.2 Å². The fourth-order valence-corrected chi connectivity index (χ4v) is 3.41. The van der Waals surface area contributed by atoms with Gasteiger partial charge in [-0.2, -0.15) is 10.1 Å². The number of carbonyl (C=O) groups excluding carboxylic acids is 1. The van der Waals surface area contributed by atoms with Crippen molar-refractivity contribution in [1.82, 2.24) is 29.6 Å². The van der Waals surface area contributed by atoms with Crippen LogP contribution in [0.1, 0.15) is 66.4 Å². The summed E-state index contributed by atoms with van der Waals surface area (Å²) in [5.74, 6) is 1.03. The molecule has 3 aromatic rings. The van der Waals surface area contributed by atoms with Gasteiger partial charge in [-0.3, -0.25) is 4.79 Å². The fourth-order valence-electron chi connectivity index (χ4n) is 3.16. The van der Waals surface area contributed by atoms with Crippen LogP contribution in [0, 0.1) is 6.92 Å². The van der Waals surface area contributed by atoms with Crippen LogP contribution in [0.3, 0.4) is 0 Å². The molecule has 136 valence electrons. The molecule has 0 radical (unpaired) electrons. The van der Waals surface area contributed by atoms with Crippen LogP contribution in [0.15, 0.2) is 16.9 Å². The van der Waals surface area contributed by atoms with Crippen LogP contribution in [0.2, 0.25) is 5.02 Å². The third-order valence-corrected chi connectivity index (χ3v) is 4.87. The first kappa shape index (κ1) is 17.0. The number of aromatic nitrogens is 5. The average Bonchev–Trinajstić information content (AvgIpc) is 3.32. The molecule has 1 unspecified atom stereocenters. The van der Waals surface area contributed by atoms with Gasteiger partial charge in [-0.05, 0) is 25.3 Å². The highest BCUT2D eigenvalue weighted by molar-refractivity contribution is 6.36. The number of nitrogens with zero attached hydrogens (tertiary/aromatic N) is 6. The maximum absolute atomic E-state index is 13.1. The Hall–Kier alpha value is -2.48. The second-order valence-corrected chi connectivity index (χ2v) is 7.24. The molecule has 9 heteroatoms. The smallest absolute Gasteiger partial charge is 0.276 e. The van der Waals surface area contributed by atoms with Gasteiger partial charge in [0.2, 0.25) is 5.89 Å². The largest absolute Gasteiger partial charge is 0.337 e. The molecule has 3 aromatic heterocycles. The van der Waals surface area contributed by atoms with Crippen molar-refractivity contribution in [3.63, 3.8) is 0 Å². The fraction of sp³-hybridized carbons (Fsp3) is 0.471. The van der Waals surface area contributed by atoms with Gasteiger partial charge in [0.05, 0.1) is 0 Å². The summed E-state index contributed by atoms with van der Waals surface area (Å²) in [6.45, 7) is 6.50. The van der Waals surface area contributed by atoms with E-state index >= 15 is 0 Å². The maximum Gasteiger partial charge on any atom is 0.276 e. The van der Waals surface area contributed by atoms with E-state index in [2.05, 4.69) is 20.2 Å². The first-order valence-electron chi connectivity index (χ1n) is 8.60. The Morgan fingerprint density at radius 3 is 2.96 bits per heavy atom. The van der Waals surface area contributed by atoms with Crippen molar-refractivity contribution in [2.45, 2.75) is 45.6 Å². The first-order chi connectivity index (χ1) is 12.5. The maximum atomic E-state index is 13.1. The molecule has 1 atom stereocenters. The molecule has 0 N–H and O–H groups in total. The quantitative estimate of drug-likeness (QED) is 0.699. The Labute approximate surface area is 155 Å². The van der Waals surface area contributed by atoms with E-state index in [0.717, 1.165) is 18.4 Å². The number of halogens is 1. The Morgan fingerprint density at radius 2 is 2.23 bits per heavy atom. The van der Waals surface area contributed by atoms with Crippen LogP contribution in [0.5, 0.6) is 0 Å². The van der Waals surface area contributed by atoms with E-state index in [9.17, 15) is 4.79 Å². The Morgan fingerprint density at radius 1 is 1.42 bits per heavy atom. The van der Waals surface area contributed by atoms with Crippen molar-refractivity contribution in [3.8, 4) is 0 Å². The molecular weight excluding hydrogens is 356 g/mol. The van der Waals surface area contributed by atoms with E-state index in [1.165, 1.54) is 0 Å². The molecule has 0 aromatic carbocycles. The van der Waals surface area contributed by atoms with Crippen LogP contribution >= 0.6 is 11.6 Å². The van der Waals surface area contributed by atoms with Crippen molar-refractivity contribution < 1.29 is 9.32 Å². The average molecular weight is 375 g/mol. The predicted molar refractivity (Wildman–Crippen MR) is 94.1 cm³/mol. The number of carbonyl (C=O) groups is 1. The van der Waals surface area contributed by atoms with Gasteiger partial charge in [0.1, 0.15) is 11.1 Å². The number of amides is 1. The molecule has 1 saturated heterocycles. The van der Waals surface area contributed by atoms with Gasteiger partial charge in [0.25, 0.3) is 5.91 Å².